The summed E-state index contributed by atoms with van der Waals surface area (Å²) in [6.45, 7) is 2.45. The first-order valence-corrected chi connectivity index (χ1v) is 10.3. The number of aromatic nitrogens is 5. The average Bonchev–Trinajstić information content (AvgIpc) is 3.43. The van der Waals surface area contributed by atoms with Gasteiger partial charge in [0.1, 0.15) is 17.3 Å². The molecule has 1 aliphatic rings. The Bertz CT molecular complexity index is 1550. The fourth-order valence-electron chi connectivity index (χ4n) is 4.47. The van der Waals surface area contributed by atoms with Gasteiger partial charge >= 0.3 is 0 Å². The smallest absolute Gasteiger partial charge is 0.271 e. The summed E-state index contributed by atoms with van der Waals surface area (Å²) in [6.07, 6.45) is 1.94. The van der Waals surface area contributed by atoms with Gasteiger partial charge in [-0.3, -0.25) is 13.9 Å². The molecule has 0 unspecified atom stereocenters. The molecule has 0 atom stereocenters. The normalized spacial score (nSPS) is 13.5. The molecule has 0 spiro atoms. The first-order valence-electron chi connectivity index (χ1n) is 10.3. The molecule has 1 aliphatic heterocycles. The van der Waals surface area contributed by atoms with Crippen molar-refractivity contribution in [3.05, 3.63) is 83.2 Å². The second-order valence-electron chi connectivity index (χ2n) is 8.19. The molecular formula is C24H19FN6O. The molecule has 1 amide bonds. The molecule has 0 saturated heterocycles. The van der Waals surface area contributed by atoms with E-state index in [1.54, 1.807) is 20.0 Å². The lowest BCUT2D eigenvalue weighted by atomic mass is 10.0. The number of halogens is 1. The van der Waals surface area contributed by atoms with Crippen LogP contribution in [0.2, 0.25) is 0 Å². The molecule has 4 heterocycles. The summed E-state index contributed by atoms with van der Waals surface area (Å²) in [5.74, 6) is 0.190. The summed E-state index contributed by atoms with van der Waals surface area (Å²) < 4.78 is 18.6. The van der Waals surface area contributed by atoms with Gasteiger partial charge in [0.25, 0.3) is 5.91 Å². The van der Waals surface area contributed by atoms with E-state index in [-0.39, 0.29) is 18.3 Å². The molecule has 5 aromatic rings. The van der Waals surface area contributed by atoms with E-state index in [1.165, 1.54) is 6.07 Å². The van der Waals surface area contributed by atoms with Gasteiger partial charge in [-0.15, -0.1) is 10.2 Å². The zero-order valence-electron chi connectivity index (χ0n) is 17.6. The molecule has 0 saturated carbocycles. The highest BCUT2D eigenvalue weighted by Crippen LogP contribution is 2.29. The van der Waals surface area contributed by atoms with Crippen molar-refractivity contribution >= 4 is 22.5 Å². The number of carbonyl (C=O) groups is 1. The van der Waals surface area contributed by atoms with Crippen LogP contribution in [0.3, 0.4) is 0 Å². The van der Waals surface area contributed by atoms with Crippen LogP contribution in [-0.4, -0.2) is 35.2 Å². The molecule has 0 bridgehead atoms. The van der Waals surface area contributed by atoms with E-state index < -0.39 is 0 Å². The van der Waals surface area contributed by atoms with Crippen molar-refractivity contribution in [1.82, 2.24) is 29.3 Å². The van der Waals surface area contributed by atoms with Crippen molar-refractivity contribution < 1.29 is 9.18 Å². The van der Waals surface area contributed by atoms with Gasteiger partial charge in [-0.1, -0.05) is 24.3 Å². The Balaban J connectivity index is 1.29. The van der Waals surface area contributed by atoms with Crippen LogP contribution >= 0.6 is 0 Å². The van der Waals surface area contributed by atoms with Crippen LogP contribution in [0.15, 0.2) is 54.7 Å². The van der Waals surface area contributed by atoms with Gasteiger partial charge in [-0.05, 0) is 42.3 Å². The second kappa shape index (κ2) is 6.71. The van der Waals surface area contributed by atoms with Crippen molar-refractivity contribution in [2.24, 2.45) is 7.05 Å². The first-order chi connectivity index (χ1) is 15.5. The van der Waals surface area contributed by atoms with Gasteiger partial charge in [-0.25, -0.2) is 4.39 Å². The maximum atomic E-state index is 15.1. The van der Waals surface area contributed by atoms with E-state index in [1.807, 2.05) is 56.6 Å². The predicted octanol–water partition coefficient (Wildman–Crippen LogP) is 3.89. The molecule has 7 nitrogen and oxygen atoms in total. The zero-order valence-corrected chi connectivity index (χ0v) is 17.6. The largest absolute Gasteiger partial charge is 0.329 e. The van der Waals surface area contributed by atoms with E-state index in [0.717, 1.165) is 27.6 Å². The highest BCUT2D eigenvalue weighted by atomic mass is 19.1. The number of hydrogen-bond acceptors (Lipinski definition) is 4. The third kappa shape index (κ3) is 2.80. The molecular weight excluding hydrogens is 407 g/mol. The fourth-order valence-corrected chi connectivity index (χ4v) is 4.47. The number of pyridine rings is 1. The van der Waals surface area contributed by atoms with E-state index >= 15 is 4.39 Å². The minimum Gasteiger partial charge on any atom is -0.329 e. The molecule has 8 heteroatoms. The molecule has 6 rings (SSSR count). The lowest BCUT2D eigenvalue weighted by Crippen LogP contribution is -2.24. The quantitative estimate of drug-likeness (QED) is 0.439. The Kier molecular flexibility index (Phi) is 3.92. The van der Waals surface area contributed by atoms with Crippen LogP contribution in [0.4, 0.5) is 4.39 Å². The number of aryl methyl sites for hydroxylation is 2. The van der Waals surface area contributed by atoms with Gasteiger partial charge in [0, 0.05) is 42.8 Å². The van der Waals surface area contributed by atoms with Crippen LogP contribution in [0.25, 0.3) is 27.7 Å². The summed E-state index contributed by atoms with van der Waals surface area (Å²) in [7, 11) is 1.88. The van der Waals surface area contributed by atoms with Crippen molar-refractivity contribution in [2.45, 2.75) is 20.0 Å². The third-order valence-electron chi connectivity index (χ3n) is 6.03. The second-order valence-corrected chi connectivity index (χ2v) is 8.19. The summed E-state index contributed by atoms with van der Waals surface area (Å²) in [5, 5.41) is 13.5. The predicted molar refractivity (Wildman–Crippen MR) is 117 cm³/mol. The number of amides is 1. The highest BCUT2D eigenvalue weighted by Gasteiger charge is 2.31. The Morgan fingerprint density at radius 3 is 2.69 bits per heavy atom. The molecule has 0 fully saturated rings. The summed E-state index contributed by atoms with van der Waals surface area (Å²) in [6, 6.07) is 14.8. The van der Waals surface area contributed by atoms with Crippen molar-refractivity contribution in [1.29, 1.82) is 0 Å². The maximum Gasteiger partial charge on any atom is 0.271 e. The SMILES string of the molecule is Cc1nnc2ccc3c(n12)C(=O)N(Cc1ccc(-c2ccc4nn(C)cc4c2)cc1F)C3. The van der Waals surface area contributed by atoms with Crippen LogP contribution < -0.4 is 0 Å². The summed E-state index contributed by atoms with van der Waals surface area (Å²) in [5.41, 5.74) is 5.18. The third-order valence-corrected chi connectivity index (χ3v) is 6.03. The molecule has 0 N–H and O–H groups in total. The van der Waals surface area contributed by atoms with E-state index in [0.29, 0.717) is 29.3 Å². The van der Waals surface area contributed by atoms with Crippen molar-refractivity contribution in [3.63, 3.8) is 0 Å². The monoisotopic (exact) mass is 426 g/mol. The first kappa shape index (κ1) is 18.7. The minimum atomic E-state index is -0.330. The zero-order chi connectivity index (χ0) is 22.0. The number of rotatable bonds is 3. The summed E-state index contributed by atoms with van der Waals surface area (Å²) >= 11 is 0. The average molecular weight is 426 g/mol. The van der Waals surface area contributed by atoms with Crippen LogP contribution in [0, 0.1) is 12.7 Å². The molecule has 158 valence electrons. The Morgan fingerprint density at radius 2 is 1.84 bits per heavy atom. The van der Waals surface area contributed by atoms with Gasteiger partial charge in [0.15, 0.2) is 5.65 Å². The molecule has 3 aromatic heterocycles. The molecule has 0 radical (unpaired) electrons. The highest BCUT2D eigenvalue weighted by molar-refractivity contribution is 5.97. The van der Waals surface area contributed by atoms with E-state index in [9.17, 15) is 4.79 Å². The molecule has 32 heavy (non-hydrogen) atoms. The Morgan fingerprint density at radius 1 is 1.03 bits per heavy atom. The van der Waals surface area contributed by atoms with Crippen LogP contribution in [0.1, 0.15) is 27.4 Å². The van der Waals surface area contributed by atoms with Gasteiger partial charge in [-0.2, -0.15) is 5.10 Å². The number of hydrogen-bond donors (Lipinski definition) is 0. The lowest BCUT2D eigenvalue weighted by Gasteiger charge is -2.16. The standard InChI is InChI=1S/C24H19FN6O/c1-14-26-27-22-8-6-18-13-30(24(32)23(18)31(14)22)12-17-4-3-16(10-20(17)25)15-5-7-21-19(9-15)11-29(2)28-21/h3-11H,12-13H2,1-2H3. The number of fused-ring (bicyclic) bond motifs is 4. The number of carbonyl (C=O) groups excluding carboxylic acids is 1. The van der Waals surface area contributed by atoms with Crippen molar-refractivity contribution in [3.8, 4) is 11.1 Å². The van der Waals surface area contributed by atoms with Crippen molar-refractivity contribution in [2.75, 3.05) is 0 Å². The van der Waals surface area contributed by atoms with E-state index in [2.05, 4.69) is 15.3 Å². The topological polar surface area (TPSA) is 68.3 Å². The van der Waals surface area contributed by atoms with Gasteiger partial charge in [0.05, 0.1) is 5.52 Å². The fraction of sp³-hybridized carbons (Fsp3) is 0.167. The minimum absolute atomic E-state index is 0.140. The van der Waals surface area contributed by atoms with Gasteiger partial charge < -0.3 is 4.90 Å². The maximum absolute atomic E-state index is 15.1. The Hall–Kier alpha value is -4.07. The summed E-state index contributed by atoms with van der Waals surface area (Å²) in [4.78, 5) is 14.8. The number of benzene rings is 2. The van der Waals surface area contributed by atoms with E-state index in [4.69, 9.17) is 0 Å². The van der Waals surface area contributed by atoms with Crippen LogP contribution in [-0.2, 0) is 20.1 Å². The molecule has 0 aliphatic carbocycles. The Labute approximate surface area is 182 Å². The van der Waals surface area contributed by atoms with Gasteiger partial charge in [0.2, 0.25) is 0 Å². The molecule has 2 aromatic carbocycles. The van der Waals surface area contributed by atoms with Crippen LogP contribution in [0.5, 0.6) is 0 Å². The number of nitrogens with zero attached hydrogens (tertiary/aromatic N) is 6. The lowest BCUT2D eigenvalue weighted by molar-refractivity contribution is 0.0759.